The molecule has 1 saturated carbocycles. The molecule has 5 atom stereocenters. The van der Waals surface area contributed by atoms with Crippen LogP contribution in [0.3, 0.4) is 0 Å². The average Bonchev–Trinajstić information content (AvgIpc) is 2.73. The second kappa shape index (κ2) is 3.58. The summed E-state index contributed by atoms with van der Waals surface area (Å²) in [5.41, 5.74) is 0. The van der Waals surface area contributed by atoms with Crippen LogP contribution in [0.1, 0.15) is 0 Å². The van der Waals surface area contributed by atoms with Crippen molar-refractivity contribution >= 4 is 81.2 Å². The molecule has 2 bridgehead atoms. The van der Waals surface area contributed by atoms with Gasteiger partial charge in [0.15, 0.2) is 4.33 Å². The lowest BCUT2D eigenvalue weighted by atomic mass is 9.84. The van der Waals surface area contributed by atoms with E-state index >= 15 is 0 Å². The Morgan fingerprint density at radius 1 is 0.882 bits per heavy atom. The molecule has 0 amide bonds. The predicted octanol–water partition coefficient (Wildman–Crippen LogP) is 5.24. The van der Waals surface area contributed by atoms with Gasteiger partial charge in [0, 0.05) is 11.8 Å². The van der Waals surface area contributed by atoms with Crippen LogP contribution in [0.15, 0.2) is 22.2 Å². The summed E-state index contributed by atoms with van der Waals surface area (Å²) < 4.78 is -1.48. The van der Waals surface area contributed by atoms with E-state index in [1.165, 1.54) is 0 Å². The van der Waals surface area contributed by atoms with Gasteiger partial charge in [-0.25, -0.2) is 0 Å². The maximum atomic E-state index is 6.57. The van der Waals surface area contributed by atoms with Gasteiger partial charge in [0.05, 0.1) is 15.4 Å². The standard InChI is InChI=1S/C10H5Cl7/c11-4-2-1-3-5(4)9(15)7(13)6(12)8(3,14)10(9,16)17/h1-5H/t3-,4+,5-,8+,9-/m0/s1. The maximum Gasteiger partial charge on any atom is 0.167 e. The van der Waals surface area contributed by atoms with Crippen molar-refractivity contribution in [1.29, 1.82) is 0 Å². The highest BCUT2D eigenvalue weighted by molar-refractivity contribution is 6.66. The average molecular weight is 373 g/mol. The molecule has 3 aliphatic rings. The van der Waals surface area contributed by atoms with Gasteiger partial charge in [-0.05, 0) is 0 Å². The van der Waals surface area contributed by atoms with Crippen molar-refractivity contribution in [1.82, 2.24) is 0 Å². The van der Waals surface area contributed by atoms with E-state index in [0.717, 1.165) is 0 Å². The first-order valence-corrected chi connectivity index (χ1v) is 7.55. The fraction of sp³-hybridized carbons (Fsp3) is 0.600. The molecule has 0 unspecified atom stereocenters. The Labute approximate surface area is 134 Å². The molecule has 17 heavy (non-hydrogen) atoms. The number of fused-ring (bicyclic) bond motifs is 5. The fourth-order valence-electron chi connectivity index (χ4n) is 3.08. The third-order valence-corrected chi connectivity index (χ3v) is 8.61. The SMILES string of the molecule is ClC1=C(Cl)[C@]2(Cl)[C@H]3C=C[C@@H](Cl)[C@H]3[C@@]1(Cl)C2(Cl)Cl. The highest BCUT2D eigenvalue weighted by atomic mass is 35.5. The Morgan fingerprint density at radius 3 is 2.00 bits per heavy atom. The van der Waals surface area contributed by atoms with E-state index in [9.17, 15) is 0 Å². The Morgan fingerprint density at radius 2 is 1.41 bits per heavy atom. The van der Waals surface area contributed by atoms with Crippen molar-refractivity contribution in [3.8, 4) is 0 Å². The largest absolute Gasteiger partial charge is 0.167 e. The molecule has 0 radical (unpaired) electrons. The molecule has 0 aromatic rings. The Balaban J connectivity index is 2.32. The smallest absolute Gasteiger partial charge is 0.118 e. The van der Waals surface area contributed by atoms with Gasteiger partial charge in [0.25, 0.3) is 0 Å². The number of halogens is 7. The molecule has 0 heterocycles. The minimum atomic E-state index is -1.48. The molecule has 1 fully saturated rings. The summed E-state index contributed by atoms with van der Waals surface area (Å²) in [7, 11) is 0. The van der Waals surface area contributed by atoms with Crippen molar-refractivity contribution in [2.75, 3.05) is 0 Å². The van der Waals surface area contributed by atoms with E-state index in [-0.39, 0.29) is 27.3 Å². The summed E-state index contributed by atoms with van der Waals surface area (Å²) >= 11 is 44.5. The zero-order valence-corrected chi connectivity index (χ0v) is 13.3. The first-order valence-electron chi connectivity index (χ1n) is 4.85. The third-order valence-electron chi connectivity index (χ3n) is 3.90. The first-order chi connectivity index (χ1) is 7.70. The molecule has 0 aromatic heterocycles. The molecule has 7 heteroatoms. The summed E-state index contributed by atoms with van der Waals surface area (Å²) in [4.78, 5) is -2.45. The normalized spacial score (nSPS) is 54.6. The summed E-state index contributed by atoms with van der Waals surface area (Å²) in [6.45, 7) is 0. The third kappa shape index (κ3) is 1.15. The van der Waals surface area contributed by atoms with Crippen LogP contribution < -0.4 is 0 Å². The number of alkyl halides is 5. The molecule has 0 aliphatic heterocycles. The second-order valence-corrected chi connectivity index (χ2v) is 8.29. The number of hydrogen-bond donors (Lipinski definition) is 0. The molecular formula is C10H5Cl7. The first kappa shape index (κ1) is 13.5. The highest BCUT2D eigenvalue weighted by Crippen LogP contribution is 2.78. The molecular weight excluding hydrogens is 368 g/mol. The van der Waals surface area contributed by atoms with Crippen LogP contribution >= 0.6 is 81.2 Å². The van der Waals surface area contributed by atoms with Crippen LogP contribution in [-0.4, -0.2) is 19.5 Å². The van der Waals surface area contributed by atoms with E-state index in [4.69, 9.17) is 81.2 Å². The number of rotatable bonds is 0. The lowest BCUT2D eigenvalue weighted by Crippen LogP contribution is -2.45. The van der Waals surface area contributed by atoms with Crippen LogP contribution in [0.25, 0.3) is 0 Å². The van der Waals surface area contributed by atoms with Crippen molar-refractivity contribution in [2.45, 2.75) is 19.5 Å². The van der Waals surface area contributed by atoms with E-state index < -0.39 is 14.1 Å². The molecule has 3 rings (SSSR count). The van der Waals surface area contributed by atoms with E-state index in [0.29, 0.717) is 0 Å². The van der Waals surface area contributed by atoms with Gasteiger partial charge >= 0.3 is 0 Å². The lowest BCUT2D eigenvalue weighted by molar-refractivity contribution is 0.420. The topological polar surface area (TPSA) is 0 Å². The number of hydrogen-bond acceptors (Lipinski definition) is 0. The number of allylic oxidation sites excluding steroid dienone is 4. The van der Waals surface area contributed by atoms with Gasteiger partial charge in [-0.2, -0.15) is 0 Å². The zero-order valence-electron chi connectivity index (χ0n) is 8.03. The Hall–Kier alpha value is 1.51. The maximum absolute atomic E-state index is 6.57. The summed E-state index contributed by atoms with van der Waals surface area (Å²) in [6, 6.07) is 0. The molecule has 0 N–H and O–H groups in total. The molecule has 0 spiro atoms. The van der Waals surface area contributed by atoms with E-state index in [2.05, 4.69) is 0 Å². The van der Waals surface area contributed by atoms with Crippen LogP contribution in [0.4, 0.5) is 0 Å². The van der Waals surface area contributed by atoms with Gasteiger partial charge in [-0.3, -0.25) is 0 Å². The van der Waals surface area contributed by atoms with Crippen molar-refractivity contribution in [3.63, 3.8) is 0 Å². The molecule has 94 valence electrons. The summed E-state index contributed by atoms with van der Waals surface area (Å²) in [6.07, 6.45) is 3.69. The Bertz CT molecular complexity index is 467. The lowest BCUT2D eigenvalue weighted by Gasteiger charge is -2.34. The van der Waals surface area contributed by atoms with Gasteiger partial charge in [0.2, 0.25) is 0 Å². The van der Waals surface area contributed by atoms with Crippen molar-refractivity contribution < 1.29 is 0 Å². The second-order valence-electron chi connectivity index (χ2n) is 4.51. The quantitative estimate of drug-likeness (QED) is 0.402. The van der Waals surface area contributed by atoms with Crippen LogP contribution in [-0.2, 0) is 0 Å². The minimum Gasteiger partial charge on any atom is -0.118 e. The highest BCUT2D eigenvalue weighted by Gasteiger charge is 2.83. The van der Waals surface area contributed by atoms with Crippen molar-refractivity contribution in [2.24, 2.45) is 11.8 Å². The van der Waals surface area contributed by atoms with Gasteiger partial charge in [0.1, 0.15) is 9.75 Å². The fourth-order valence-corrected chi connectivity index (χ4v) is 6.60. The van der Waals surface area contributed by atoms with E-state index in [1.807, 2.05) is 12.2 Å². The minimum absolute atomic E-state index is 0.205. The molecule has 0 saturated heterocycles. The molecule has 0 nitrogen and oxygen atoms in total. The van der Waals surface area contributed by atoms with Crippen molar-refractivity contribution in [3.05, 3.63) is 22.2 Å². The Kier molecular flexibility index (Phi) is 2.84. The summed E-state index contributed by atoms with van der Waals surface area (Å²) in [5.74, 6) is -0.470. The van der Waals surface area contributed by atoms with Gasteiger partial charge in [-0.1, -0.05) is 58.6 Å². The van der Waals surface area contributed by atoms with E-state index in [1.54, 1.807) is 0 Å². The molecule has 3 aliphatic carbocycles. The van der Waals surface area contributed by atoms with Crippen LogP contribution in [0.5, 0.6) is 0 Å². The predicted molar refractivity (Wildman–Crippen MR) is 76.1 cm³/mol. The molecule has 0 aromatic carbocycles. The zero-order chi connectivity index (χ0) is 12.8. The monoisotopic (exact) mass is 370 g/mol. The summed E-state index contributed by atoms with van der Waals surface area (Å²) in [5, 5.41) is 0.113. The van der Waals surface area contributed by atoms with Crippen LogP contribution in [0.2, 0.25) is 0 Å². The van der Waals surface area contributed by atoms with Gasteiger partial charge < -0.3 is 0 Å². The van der Waals surface area contributed by atoms with Gasteiger partial charge in [-0.15, -0.1) is 34.8 Å². The van der Waals surface area contributed by atoms with Crippen LogP contribution in [0, 0.1) is 11.8 Å².